The summed E-state index contributed by atoms with van der Waals surface area (Å²) in [7, 11) is 1.61. The molecule has 2 amide bonds. The van der Waals surface area contributed by atoms with E-state index in [0.717, 1.165) is 52.5 Å². The molecule has 8 nitrogen and oxygen atoms in total. The van der Waals surface area contributed by atoms with Crippen LogP contribution in [-0.2, 0) is 16.7 Å². The number of aromatic nitrogens is 2. The highest BCUT2D eigenvalue weighted by atomic mass is 16.5. The van der Waals surface area contributed by atoms with Crippen molar-refractivity contribution in [2.24, 2.45) is 5.92 Å². The highest BCUT2D eigenvalue weighted by Crippen LogP contribution is 2.28. The number of hydrogen-bond donors (Lipinski definition) is 1. The summed E-state index contributed by atoms with van der Waals surface area (Å²) in [6.07, 6.45) is 3.86. The Kier molecular flexibility index (Phi) is 8.93. The van der Waals surface area contributed by atoms with Crippen molar-refractivity contribution < 1.29 is 14.3 Å². The van der Waals surface area contributed by atoms with Crippen LogP contribution in [0.25, 0.3) is 22.0 Å². The first-order chi connectivity index (χ1) is 20.7. The van der Waals surface area contributed by atoms with Crippen LogP contribution in [0.5, 0.6) is 0 Å². The van der Waals surface area contributed by atoms with Gasteiger partial charge in [0.15, 0.2) is 0 Å². The molecule has 0 spiro atoms. The monoisotopic (exact) mass is 577 g/mol. The van der Waals surface area contributed by atoms with E-state index in [1.807, 2.05) is 97.2 Å². The van der Waals surface area contributed by atoms with E-state index in [1.54, 1.807) is 7.11 Å². The molecule has 1 aliphatic rings. The smallest absolute Gasteiger partial charge is 0.253 e. The number of piperidine rings is 1. The molecule has 0 unspecified atom stereocenters. The van der Waals surface area contributed by atoms with Crippen molar-refractivity contribution in [1.29, 1.82) is 5.26 Å². The van der Waals surface area contributed by atoms with E-state index >= 15 is 0 Å². The van der Waals surface area contributed by atoms with Gasteiger partial charge in [0.25, 0.3) is 11.8 Å². The second-order valence-electron chi connectivity index (χ2n) is 11.9. The number of carbonyl (C=O) groups is 2. The zero-order valence-corrected chi connectivity index (χ0v) is 25.4. The van der Waals surface area contributed by atoms with E-state index in [0.29, 0.717) is 43.3 Å². The molecule has 0 aliphatic carbocycles. The van der Waals surface area contributed by atoms with Crippen molar-refractivity contribution in [2.75, 3.05) is 33.4 Å². The third-order valence-corrected chi connectivity index (χ3v) is 8.54. The quantitative estimate of drug-likeness (QED) is 0.256. The molecule has 0 atom stereocenters. The van der Waals surface area contributed by atoms with Gasteiger partial charge in [0.05, 0.1) is 23.6 Å². The van der Waals surface area contributed by atoms with Crippen LogP contribution in [-0.4, -0.2) is 59.8 Å². The maximum Gasteiger partial charge on any atom is 0.253 e. The zero-order valence-electron chi connectivity index (χ0n) is 25.4. The lowest BCUT2D eigenvalue weighted by atomic mass is 9.85. The number of nitrogens with one attached hydrogen (secondary N) is 1. The summed E-state index contributed by atoms with van der Waals surface area (Å²) in [5.41, 5.74) is 5.70. The number of methoxy groups -OCH3 is 1. The molecule has 2 heterocycles. The third kappa shape index (κ3) is 6.63. The minimum absolute atomic E-state index is 0.0628. The van der Waals surface area contributed by atoms with Gasteiger partial charge < -0.3 is 15.0 Å². The first-order valence-electron chi connectivity index (χ1n) is 14.9. The Balaban J connectivity index is 1.16. The number of carbonyl (C=O) groups excluding carboxylic acids is 2. The number of rotatable bonds is 9. The van der Waals surface area contributed by atoms with E-state index in [9.17, 15) is 14.9 Å². The van der Waals surface area contributed by atoms with E-state index in [2.05, 4.69) is 11.4 Å². The molecular weight excluding hydrogens is 538 g/mol. The molecule has 222 valence electrons. The number of benzene rings is 3. The van der Waals surface area contributed by atoms with Crippen LogP contribution in [0.4, 0.5) is 0 Å². The molecule has 0 saturated carbocycles. The number of nitrogens with zero attached hydrogens (tertiary/aromatic N) is 4. The summed E-state index contributed by atoms with van der Waals surface area (Å²) < 4.78 is 7.01. The van der Waals surface area contributed by atoms with Gasteiger partial charge in [0.2, 0.25) is 0 Å². The second-order valence-corrected chi connectivity index (χ2v) is 11.9. The predicted octanol–water partition coefficient (Wildman–Crippen LogP) is 5.74. The highest BCUT2D eigenvalue weighted by molar-refractivity contribution is 6.00. The fraction of sp³-hybridized carbons (Fsp3) is 0.371. The largest absolute Gasteiger partial charge is 0.383 e. The van der Waals surface area contributed by atoms with Crippen molar-refractivity contribution in [1.82, 2.24) is 20.0 Å². The maximum atomic E-state index is 13.3. The Morgan fingerprint density at radius 2 is 1.67 bits per heavy atom. The molecule has 8 heteroatoms. The minimum atomic E-state index is -0.526. The SMILES string of the molecule is COCCNC(=O)c1ccc2nn(CC3CCN(C(=O)c4ccc(-c5ccc(C(C)(C)C#N)cc5)cc4)CC3)cc2c1C. The standard InChI is InChI=1S/C35H39N5O3/c1-24-30(33(41)37-17-20-43-4)13-14-32-31(24)22-40(38-32)21-25-15-18-39(19-16-25)34(42)28-7-5-26(6-8-28)27-9-11-29(12-10-27)35(2,3)23-36/h5-14,22,25H,15-21H2,1-4H3,(H,37,41). The van der Waals surface area contributed by atoms with Crippen molar-refractivity contribution in [3.63, 3.8) is 0 Å². The Labute approximate surface area is 253 Å². The van der Waals surface area contributed by atoms with Gasteiger partial charge in [-0.1, -0.05) is 36.4 Å². The highest BCUT2D eigenvalue weighted by Gasteiger charge is 2.25. The number of ether oxygens (including phenoxy) is 1. The second kappa shape index (κ2) is 12.8. The average molecular weight is 578 g/mol. The Hall–Kier alpha value is -4.48. The number of hydrogen-bond acceptors (Lipinski definition) is 5. The number of likely N-dealkylation sites (tertiary alicyclic amines) is 1. The van der Waals surface area contributed by atoms with E-state index in [4.69, 9.17) is 9.84 Å². The molecule has 4 aromatic rings. The molecule has 1 aliphatic heterocycles. The lowest BCUT2D eigenvalue weighted by Gasteiger charge is -2.32. The van der Waals surface area contributed by atoms with Crippen LogP contribution >= 0.6 is 0 Å². The molecule has 1 aromatic heterocycles. The molecule has 0 bridgehead atoms. The van der Waals surface area contributed by atoms with Gasteiger partial charge in [-0.25, -0.2) is 0 Å². The first kappa shape index (κ1) is 30.0. The summed E-state index contributed by atoms with van der Waals surface area (Å²) in [5.74, 6) is 0.380. The van der Waals surface area contributed by atoms with Gasteiger partial charge >= 0.3 is 0 Å². The Morgan fingerprint density at radius 1 is 1.02 bits per heavy atom. The topological polar surface area (TPSA) is 100 Å². The van der Waals surface area contributed by atoms with Crippen LogP contribution in [0.15, 0.2) is 66.9 Å². The van der Waals surface area contributed by atoms with Gasteiger partial charge in [-0.15, -0.1) is 0 Å². The molecule has 3 aromatic carbocycles. The van der Waals surface area contributed by atoms with E-state index in [1.165, 1.54) is 0 Å². The maximum absolute atomic E-state index is 13.3. The fourth-order valence-electron chi connectivity index (χ4n) is 5.70. The van der Waals surface area contributed by atoms with Crippen LogP contribution in [0.3, 0.4) is 0 Å². The molecule has 43 heavy (non-hydrogen) atoms. The molecule has 0 radical (unpaired) electrons. The number of nitriles is 1. The minimum Gasteiger partial charge on any atom is -0.383 e. The lowest BCUT2D eigenvalue weighted by molar-refractivity contribution is 0.0681. The van der Waals surface area contributed by atoms with Gasteiger partial charge in [-0.2, -0.15) is 10.4 Å². The molecule has 1 saturated heterocycles. The number of fused-ring (bicyclic) bond motifs is 1. The van der Waals surface area contributed by atoms with Crippen LogP contribution in [0.1, 0.15) is 58.5 Å². The molecule has 1 N–H and O–H groups in total. The van der Waals surface area contributed by atoms with Crippen molar-refractivity contribution in [2.45, 2.75) is 45.6 Å². The van der Waals surface area contributed by atoms with E-state index in [-0.39, 0.29) is 11.8 Å². The molecule has 5 rings (SSSR count). The predicted molar refractivity (Wildman–Crippen MR) is 168 cm³/mol. The van der Waals surface area contributed by atoms with E-state index < -0.39 is 5.41 Å². The summed E-state index contributed by atoms with van der Waals surface area (Å²) >= 11 is 0. The lowest BCUT2D eigenvalue weighted by Crippen LogP contribution is -2.39. The fourth-order valence-corrected chi connectivity index (χ4v) is 5.70. The summed E-state index contributed by atoms with van der Waals surface area (Å²) in [6.45, 7) is 8.94. The Bertz CT molecular complexity index is 1640. The molecular formula is C35H39N5O3. The van der Waals surface area contributed by atoms with Gasteiger partial charge in [0, 0.05) is 56.0 Å². The first-order valence-corrected chi connectivity index (χ1v) is 14.9. The van der Waals surface area contributed by atoms with Gasteiger partial charge in [-0.05, 0) is 86.1 Å². The van der Waals surface area contributed by atoms with Crippen molar-refractivity contribution in [3.8, 4) is 17.2 Å². The normalized spacial score (nSPS) is 14.1. The molecule has 1 fully saturated rings. The van der Waals surface area contributed by atoms with Gasteiger partial charge in [-0.3, -0.25) is 14.3 Å². The number of aryl methyl sites for hydroxylation is 1. The van der Waals surface area contributed by atoms with Crippen molar-refractivity contribution >= 4 is 22.7 Å². The van der Waals surface area contributed by atoms with Crippen molar-refractivity contribution in [3.05, 3.63) is 89.1 Å². The number of amides is 2. The van der Waals surface area contributed by atoms with Crippen LogP contribution in [0.2, 0.25) is 0 Å². The van der Waals surface area contributed by atoms with Gasteiger partial charge in [0.1, 0.15) is 0 Å². The van der Waals surface area contributed by atoms with Crippen LogP contribution < -0.4 is 5.32 Å². The summed E-state index contributed by atoms with van der Waals surface area (Å²) in [4.78, 5) is 27.8. The Morgan fingerprint density at radius 3 is 2.30 bits per heavy atom. The summed E-state index contributed by atoms with van der Waals surface area (Å²) in [6, 6.07) is 21.9. The third-order valence-electron chi connectivity index (χ3n) is 8.54. The summed E-state index contributed by atoms with van der Waals surface area (Å²) in [5, 5.41) is 18.0. The van der Waals surface area contributed by atoms with Crippen LogP contribution in [0, 0.1) is 24.2 Å². The zero-order chi connectivity index (χ0) is 30.6. The average Bonchev–Trinajstić information content (AvgIpc) is 3.45.